The van der Waals surface area contributed by atoms with Crippen LogP contribution in [0.25, 0.3) is 33.2 Å². The zero-order valence-electron chi connectivity index (χ0n) is 35.4. The Morgan fingerprint density at radius 1 is 0.769 bits per heavy atom. The van der Waals surface area contributed by atoms with E-state index in [1.807, 2.05) is 45.8 Å². The van der Waals surface area contributed by atoms with E-state index in [0.29, 0.717) is 75.8 Å². The number of carbonyl (C=O) groups is 4. The predicted molar refractivity (Wildman–Crippen MR) is 247 cm³/mol. The number of imidazole rings is 2. The zero-order chi connectivity index (χ0) is 45.5. The van der Waals surface area contributed by atoms with Crippen LogP contribution < -0.4 is 15.1 Å². The van der Waals surface area contributed by atoms with E-state index in [-0.39, 0.29) is 54.3 Å². The third-order valence-corrected chi connectivity index (χ3v) is 14.2. The summed E-state index contributed by atoms with van der Waals surface area (Å²) in [5, 5.41) is 5.42. The number of fused-ring (bicyclic) bond motifs is 2. The lowest BCUT2D eigenvalue weighted by Gasteiger charge is -2.31. The van der Waals surface area contributed by atoms with E-state index in [1.165, 1.54) is 14.2 Å². The third-order valence-electron chi connectivity index (χ3n) is 12.7. The lowest BCUT2D eigenvalue weighted by molar-refractivity contribution is -0.151. The molecular weight excluding hydrogens is 918 g/mol. The summed E-state index contributed by atoms with van der Waals surface area (Å²) in [6, 6.07) is 9.62. The highest BCUT2D eigenvalue weighted by Crippen LogP contribution is 2.44. The van der Waals surface area contributed by atoms with Gasteiger partial charge in [-0.1, -0.05) is 46.4 Å². The summed E-state index contributed by atoms with van der Waals surface area (Å²) < 4.78 is 13.5. The van der Waals surface area contributed by atoms with Gasteiger partial charge in [0.05, 0.1) is 81.1 Å². The van der Waals surface area contributed by atoms with Gasteiger partial charge in [-0.05, 0) is 62.8 Å². The molecule has 1 unspecified atom stereocenters. The molecule has 0 radical (unpaired) electrons. The molecule has 20 heteroatoms. The second-order valence-corrected chi connectivity index (χ2v) is 17.9. The minimum absolute atomic E-state index is 0.0514. The van der Waals surface area contributed by atoms with Crippen LogP contribution in [-0.4, -0.2) is 110 Å². The number of likely N-dealkylation sites (tertiary alicyclic amines) is 1. The molecule has 0 saturated carbocycles. The van der Waals surface area contributed by atoms with Crippen molar-refractivity contribution in [3.8, 4) is 11.4 Å². The van der Waals surface area contributed by atoms with Crippen LogP contribution in [0.15, 0.2) is 67.6 Å². The number of nitrogens with one attached hydrogen (secondary N) is 1. The van der Waals surface area contributed by atoms with Crippen molar-refractivity contribution in [2.24, 2.45) is 0 Å². The van der Waals surface area contributed by atoms with Crippen LogP contribution in [0.1, 0.15) is 63.1 Å². The summed E-state index contributed by atoms with van der Waals surface area (Å²) in [5.74, 6) is -0.224. The van der Waals surface area contributed by atoms with Gasteiger partial charge in [0.1, 0.15) is 24.2 Å². The fourth-order valence-electron chi connectivity index (χ4n) is 9.52. The number of hydrogen-bond donors (Lipinski definition) is 1. The molecule has 4 atom stereocenters. The van der Waals surface area contributed by atoms with Crippen molar-refractivity contribution in [1.29, 1.82) is 0 Å². The first kappa shape index (κ1) is 44.5. The molecule has 65 heavy (non-hydrogen) atoms. The second-order valence-electron chi connectivity index (χ2n) is 16.4. The molecular formula is C45H44Cl4N10O6. The van der Waals surface area contributed by atoms with Crippen molar-refractivity contribution in [3.05, 3.63) is 93.4 Å². The van der Waals surface area contributed by atoms with Crippen molar-refractivity contribution in [2.45, 2.75) is 75.5 Å². The number of rotatable bonds is 12. The molecule has 9 rings (SSSR count). The third kappa shape index (κ3) is 8.64. The molecule has 3 fully saturated rings. The van der Waals surface area contributed by atoms with E-state index in [9.17, 15) is 19.2 Å². The van der Waals surface area contributed by atoms with Gasteiger partial charge in [-0.2, -0.15) is 0 Å². The second kappa shape index (κ2) is 18.7. The zero-order valence-corrected chi connectivity index (χ0v) is 38.4. The summed E-state index contributed by atoms with van der Waals surface area (Å²) in [6.45, 7) is 0.903. The number of aromatic nitrogens is 6. The van der Waals surface area contributed by atoms with E-state index >= 15 is 0 Å². The number of esters is 2. The van der Waals surface area contributed by atoms with Gasteiger partial charge in [0.25, 0.3) is 0 Å². The lowest BCUT2D eigenvalue weighted by atomic mass is 10.1. The Morgan fingerprint density at radius 3 is 2.15 bits per heavy atom. The van der Waals surface area contributed by atoms with Crippen LogP contribution in [0.5, 0.6) is 0 Å². The van der Waals surface area contributed by atoms with Crippen LogP contribution in [0.2, 0.25) is 20.1 Å². The number of nitrogens with zero attached hydrogens (tertiary/aromatic N) is 9. The van der Waals surface area contributed by atoms with Crippen LogP contribution in [0.3, 0.4) is 0 Å². The Labute approximate surface area is 393 Å². The van der Waals surface area contributed by atoms with Crippen molar-refractivity contribution in [1.82, 2.24) is 39.3 Å². The molecule has 16 nitrogen and oxygen atoms in total. The van der Waals surface area contributed by atoms with Crippen LogP contribution in [0.4, 0.5) is 11.6 Å². The summed E-state index contributed by atoms with van der Waals surface area (Å²) in [6.07, 6.45) is 13.3. The topological polar surface area (TPSA) is 170 Å². The van der Waals surface area contributed by atoms with Gasteiger partial charge in [0.15, 0.2) is 0 Å². The molecule has 338 valence electrons. The monoisotopic (exact) mass is 960 g/mol. The molecule has 6 aromatic rings. The first-order valence-corrected chi connectivity index (χ1v) is 22.8. The number of ether oxygens (including phenoxy) is 2. The molecule has 1 N–H and O–H groups in total. The highest BCUT2D eigenvalue weighted by Gasteiger charge is 2.40. The summed E-state index contributed by atoms with van der Waals surface area (Å²) in [4.78, 5) is 76.9. The van der Waals surface area contributed by atoms with Crippen molar-refractivity contribution in [2.75, 3.05) is 43.7 Å². The lowest BCUT2D eigenvalue weighted by Crippen LogP contribution is -2.44. The van der Waals surface area contributed by atoms with E-state index in [2.05, 4.69) is 20.1 Å². The maximum absolute atomic E-state index is 13.7. The number of anilines is 2. The molecule has 2 amide bonds. The normalized spacial score (nSPS) is 19.7. The molecule has 0 spiro atoms. The SMILES string of the molecule is COC(=O)CNC(=O)C[C@@H]1CCC(c2cn(-c3cc(N4CCC[C@H]4CC(=O)N4CCC[C@@H]4C(=O)OC)nc4c(Cl)c(Cl)ccc34)cn2)N1c1cc(-n2ccnc2)c2ccc(Cl)c(Cl)c2n1. The Bertz CT molecular complexity index is 2820. The molecule has 0 aliphatic carbocycles. The molecule has 0 bridgehead atoms. The number of methoxy groups -OCH3 is 2. The first-order valence-electron chi connectivity index (χ1n) is 21.3. The quantitative estimate of drug-likeness (QED) is 0.119. The molecule has 2 aromatic carbocycles. The maximum atomic E-state index is 13.7. The van der Waals surface area contributed by atoms with Gasteiger partial charge in [-0.3, -0.25) is 14.4 Å². The minimum Gasteiger partial charge on any atom is -0.468 e. The van der Waals surface area contributed by atoms with E-state index < -0.39 is 18.0 Å². The van der Waals surface area contributed by atoms with Gasteiger partial charge < -0.3 is 38.6 Å². The Kier molecular flexibility index (Phi) is 12.8. The average molecular weight is 963 g/mol. The number of benzene rings is 2. The highest BCUT2D eigenvalue weighted by molar-refractivity contribution is 6.45. The number of hydrogen-bond acceptors (Lipinski definition) is 12. The first-order chi connectivity index (χ1) is 31.4. The standard InChI is InChI=1S/C45H44Cl4N10O6/c1-64-40(62)21-51-38(60)17-26-7-12-32(59(26)37-20-34(55-16-13-50-23-55)27-8-10-30(47)42(49)44(27)54-37)31-22-56(24-52-31)35-19-36(53-43-28(35)9-11-29(46)41(43)48)57-14-3-5-25(57)18-39(61)58-15-4-6-33(58)45(63)65-2/h8-11,13,16,19-20,22-26,32-33H,3-7,12,14-15,17-18,21H2,1-2H3,(H,51,60)/t25-,26-,32?,33+/m0/s1. The van der Waals surface area contributed by atoms with Crippen LogP contribution in [0, 0.1) is 0 Å². The fourth-order valence-corrected chi connectivity index (χ4v) is 10.2. The van der Waals surface area contributed by atoms with Gasteiger partial charge in [0, 0.05) is 79.5 Å². The van der Waals surface area contributed by atoms with E-state index in [4.69, 9.17) is 70.8 Å². The Balaban J connectivity index is 1.09. The van der Waals surface area contributed by atoms with E-state index in [1.54, 1.807) is 35.9 Å². The van der Waals surface area contributed by atoms with Gasteiger partial charge in [0.2, 0.25) is 11.8 Å². The fraction of sp³-hybridized carbons (Fsp3) is 0.378. The van der Waals surface area contributed by atoms with Gasteiger partial charge >= 0.3 is 11.9 Å². The molecule has 7 heterocycles. The number of amides is 2. The number of halogens is 4. The van der Waals surface area contributed by atoms with Crippen LogP contribution >= 0.6 is 46.4 Å². The summed E-state index contributed by atoms with van der Waals surface area (Å²) >= 11 is 26.9. The van der Waals surface area contributed by atoms with Gasteiger partial charge in [-0.25, -0.2) is 24.7 Å². The maximum Gasteiger partial charge on any atom is 0.328 e. The summed E-state index contributed by atoms with van der Waals surface area (Å²) in [7, 11) is 2.61. The van der Waals surface area contributed by atoms with Crippen molar-refractivity contribution in [3.63, 3.8) is 0 Å². The Hall–Kier alpha value is -5.68. The smallest absolute Gasteiger partial charge is 0.328 e. The average Bonchev–Trinajstić information content (AvgIpc) is 4.18. The molecule has 3 aliphatic rings. The minimum atomic E-state index is -0.578. The number of carbonyl (C=O) groups excluding carboxylic acids is 4. The Morgan fingerprint density at radius 2 is 1.46 bits per heavy atom. The van der Waals surface area contributed by atoms with Crippen LogP contribution in [-0.2, 0) is 28.7 Å². The van der Waals surface area contributed by atoms with Gasteiger partial charge in [-0.15, -0.1) is 0 Å². The summed E-state index contributed by atoms with van der Waals surface area (Å²) in [5.41, 5.74) is 3.16. The molecule has 3 aliphatic heterocycles. The largest absolute Gasteiger partial charge is 0.468 e. The highest BCUT2D eigenvalue weighted by atomic mass is 35.5. The van der Waals surface area contributed by atoms with Crippen molar-refractivity contribution >= 4 is 104 Å². The van der Waals surface area contributed by atoms with Crippen molar-refractivity contribution < 1.29 is 28.7 Å². The van der Waals surface area contributed by atoms with E-state index in [0.717, 1.165) is 41.4 Å². The number of pyridine rings is 2. The predicted octanol–water partition coefficient (Wildman–Crippen LogP) is 7.68. The molecule has 4 aromatic heterocycles. The molecule has 3 saturated heterocycles.